The fourth-order valence-corrected chi connectivity index (χ4v) is 3.20. The monoisotopic (exact) mass is 382 g/mol. The Hall–Kier alpha value is -3.19. The van der Waals surface area contributed by atoms with Crippen LogP contribution in [0.15, 0.2) is 48.5 Å². The van der Waals surface area contributed by atoms with E-state index in [4.69, 9.17) is 4.74 Å². The van der Waals surface area contributed by atoms with Crippen molar-refractivity contribution in [3.05, 3.63) is 59.7 Å². The van der Waals surface area contributed by atoms with Crippen LogP contribution in [0.2, 0.25) is 0 Å². The maximum Gasteiger partial charge on any atom is 0.336 e. The number of rotatable bonds is 5. The van der Waals surface area contributed by atoms with Crippen LogP contribution in [-0.4, -0.2) is 72.6 Å². The Labute approximate surface area is 163 Å². The second-order valence-electron chi connectivity index (χ2n) is 6.55. The number of carbonyl (C=O) groups is 3. The van der Waals surface area contributed by atoms with Gasteiger partial charge >= 0.3 is 5.97 Å². The van der Waals surface area contributed by atoms with Gasteiger partial charge in [0.2, 0.25) is 5.91 Å². The number of likely N-dealkylation sites (N-methyl/N-ethyl adjacent to an activating group) is 1. The van der Waals surface area contributed by atoms with E-state index in [1.165, 1.54) is 11.0 Å². The molecule has 0 saturated carbocycles. The molecule has 0 radical (unpaired) electrons. The van der Waals surface area contributed by atoms with Crippen molar-refractivity contribution in [1.82, 2.24) is 9.80 Å². The van der Waals surface area contributed by atoms with Crippen molar-refractivity contribution in [3.8, 4) is 11.1 Å². The van der Waals surface area contributed by atoms with E-state index in [2.05, 4.69) is 0 Å². The van der Waals surface area contributed by atoms with Gasteiger partial charge in [0.15, 0.2) is 0 Å². The number of carboxylic acid groups (broad SMARTS) is 1. The molecular weight excluding hydrogens is 360 g/mol. The van der Waals surface area contributed by atoms with Gasteiger partial charge in [-0.05, 0) is 23.3 Å². The van der Waals surface area contributed by atoms with Gasteiger partial charge in [0, 0.05) is 25.7 Å². The molecule has 0 atom stereocenters. The van der Waals surface area contributed by atoms with Gasteiger partial charge < -0.3 is 19.6 Å². The number of amides is 2. The number of ether oxygens (including phenoxy) is 1. The fourth-order valence-electron chi connectivity index (χ4n) is 3.20. The van der Waals surface area contributed by atoms with Crippen molar-refractivity contribution in [2.45, 2.75) is 0 Å². The van der Waals surface area contributed by atoms with E-state index in [0.29, 0.717) is 43.0 Å². The topological polar surface area (TPSA) is 87.2 Å². The van der Waals surface area contributed by atoms with Crippen LogP contribution in [0, 0.1) is 0 Å². The summed E-state index contributed by atoms with van der Waals surface area (Å²) in [4.78, 5) is 40.1. The lowest BCUT2D eigenvalue weighted by Crippen LogP contribution is -2.46. The number of hydrogen-bond acceptors (Lipinski definition) is 4. The Morgan fingerprint density at radius 1 is 0.964 bits per heavy atom. The third kappa shape index (κ3) is 4.20. The Morgan fingerprint density at radius 2 is 1.50 bits per heavy atom. The third-order valence-corrected chi connectivity index (χ3v) is 4.69. The summed E-state index contributed by atoms with van der Waals surface area (Å²) >= 11 is 0. The number of carboxylic acids is 1. The van der Waals surface area contributed by atoms with Crippen molar-refractivity contribution in [2.24, 2.45) is 0 Å². The van der Waals surface area contributed by atoms with Gasteiger partial charge in [-0.3, -0.25) is 9.59 Å². The highest BCUT2D eigenvalue weighted by Crippen LogP contribution is 2.28. The average molecular weight is 382 g/mol. The molecule has 2 aromatic carbocycles. The van der Waals surface area contributed by atoms with Crippen molar-refractivity contribution in [2.75, 3.05) is 39.9 Å². The van der Waals surface area contributed by atoms with Gasteiger partial charge in [0.1, 0.15) is 0 Å². The summed E-state index contributed by atoms with van der Waals surface area (Å²) in [7, 11) is 1.57. The second-order valence-corrected chi connectivity index (χ2v) is 6.55. The van der Waals surface area contributed by atoms with E-state index < -0.39 is 5.97 Å². The quantitative estimate of drug-likeness (QED) is 0.855. The minimum atomic E-state index is -1.06. The number of hydrogen-bond donors (Lipinski definition) is 1. The van der Waals surface area contributed by atoms with E-state index >= 15 is 0 Å². The highest BCUT2D eigenvalue weighted by atomic mass is 16.5. The molecule has 28 heavy (non-hydrogen) atoms. The summed E-state index contributed by atoms with van der Waals surface area (Å²) < 4.78 is 5.24. The molecule has 0 aliphatic carbocycles. The van der Waals surface area contributed by atoms with E-state index in [9.17, 15) is 19.5 Å². The average Bonchev–Trinajstić information content (AvgIpc) is 2.73. The van der Waals surface area contributed by atoms with Crippen molar-refractivity contribution >= 4 is 17.8 Å². The first kappa shape index (κ1) is 19.6. The van der Waals surface area contributed by atoms with Gasteiger partial charge in [-0.25, -0.2) is 4.79 Å². The maximum absolute atomic E-state index is 13.0. The lowest BCUT2D eigenvalue weighted by Gasteiger charge is -2.29. The van der Waals surface area contributed by atoms with Crippen LogP contribution in [0.4, 0.5) is 0 Å². The lowest BCUT2D eigenvalue weighted by molar-refractivity contribution is -0.135. The molecule has 2 amide bonds. The van der Waals surface area contributed by atoms with Crippen LogP contribution in [-0.2, 0) is 9.53 Å². The second kappa shape index (κ2) is 8.67. The highest BCUT2D eigenvalue weighted by Gasteiger charge is 2.23. The molecule has 1 aliphatic rings. The van der Waals surface area contributed by atoms with Gasteiger partial charge in [-0.1, -0.05) is 36.4 Å². The van der Waals surface area contributed by atoms with Crippen LogP contribution < -0.4 is 0 Å². The predicted octanol–water partition coefficient (Wildman–Crippen LogP) is 1.98. The molecule has 146 valence electrons. The Bertz CT molecular complexity index is 890. The normalized spacial score (nSPS) is 13.8. The lowest BCUT2D eigenvalue weighted by atomic mass is 9.95. The van der Waals surface area contributed by atoms with Gasteiger partial charge in [0.25, 0.3) is 5.91 Å². The van der Waals surface area contributed by atoms with Crippen LogP contribution in [0.1, 0.15) is 20.7 Å². The molecule has 1 aliphatic heterocycles. The summed E-state index contributed by atoms with van der Waals surface area (Å²) in [5, 5.41) is 9.47. The third-order valence-electron chi connectivity index (χ3n) is 4.69. The zero-order valence-corrected chi connectivity index (χ0v) is 15.6. The highest BCUT2D eigenvalue weighted by molar-refractivity contribution is 6.05. The van der Waals surface area contributed by atoms with Gasteiger partial charge in [-0.15, -0.1) is 0 Å². The summed E-state index contributed by atoms with van der Waals surface area (Å²) in [6, 6.07) is 13.4. The van der Waals surface area contributed by atoms with E-state index in [1.54, 1.807) is 54.4 Å². The van der Waals surface area contributed by atoms with Crippen LogP contribution in [0.25, 0.3) is 11.1 Å². The van der Waals surface area contributed by atoms with Crippen molar-refractivity contribution < 1.29 is 24.2 Å². The zero-order chi connectivity index (χ0) is 20.1. The number of benzene rings is 2. The number of nitrogens with zero attached hydrogens (tertiary/aromatic N) is 2. The maximum atomic E-state index is 13.0. The largest absolute Gasteiger partial charge is 0.478 e. The number of carbonyl (C=O) groups excluding carboxylic acids is 2. The molecule has 0 unspecified atom stereocenters. The number of morpholine rings is 1. The van der Waals surface area contributed by atoms with Crippen molar-refractivity contribution in [3.63, 3.8) is 0 Å². The fraction of sp³-hybridized carbons (Fsp3) is 0.286. The molecule has 0 aromatic heterocycles. The van der Waals surface area contributed by atoms with E-state index in [1.807, 2.05) is 0 Å². The molecule has 2 aromatic rings. The summed E-state index contributed by atoms with van der Waals surface area (Å²) in [6.45, 7) is 1.98. The first-order chi connectivity index (χ1) is 13.5. The molecule has 3 rings (SSSR count). The summed E-state index contributed by atoms with van der Waals surface area (Å²) in [6.07, 6.45) is 0. The molecule has 0 spiro atoms. The molecular formula is C21H22N2O5. The minimum absolute atomic E-state index is 0.0479. The number of aromatic carboxylic acids is 1. The smallest absolute Gasteiger partial charge is 0.336 e. The van der Waals surface area contributed by atoms with Crippen LogP contribution in [0.3, 0.4) is 0 Å². The molecule has 1 saturated heterocycles. The summed E-state index contributed by atoms with van der Waals surface area (Å²) in [5.74, 6) is -1.53. The molecule has 7 heteroatoms. The Morgan fingerprint density at radius 3 is 2.11 bits per heavy atom. The Balaban J connectivity index is 1.85. The zero-order valence-electron chi connectivity index (χ0n) is 15.6. The Kier molecular flexibility index (Phi) is 6.06. The predicted molar refractivity (Wildman–Crippen MR) is 103 cm³/mol. The van der Waals surface area contributed by atoms with Crippen LogP contribution >= 0.6 is 0 Å². The van der Waals surface area contributed by atoms with E-state index in [-0.39, 0.29) is 23.9 Å². The molecule has 0 bridgehead atoms. The van der Waals surface area contributed by atoms with Crippen LogP contribution in [0.5, 0.6) is 0 Å². The van der Waals surface area contributed by atoms with E-state index in [0.717, 1.165) is 0 Å². The molecule has 1 fully saturated rings. The first-order valence-electron chi connectivity index (χ1n) is 9.01. The molecule has 1 heterocycles. The van der Waals surface area contributed by atoms with Gasteiger partial charge in [-0.2, -0.15) is 0 Å². The SMILES string of the molecule is CN(CC(=O)N1CCOCC1)C(=O)c1ccccc1-c1ccccc1C(=O)O. The van der Waals surface area contributed by atoms with Crippen molar-refractivity contribution in [1.29, 1.82) is 0 Å². The first-order valence-corrected chi connectivity index (χ1v) is 9.01. The molecule has 1 N–H and O–H groups in total. The standard InChI is InChI=1S/C21H22N2O5/c1-22(14-19(24)23-10-12-28-13-11-23)20(25)17-8-4-2-6-15(17)16-7-3-5-9-18(16)21(26)27/h2-9H,10-14H2,1H3,(H,26,27). The summed E-state index contributed by atoms with van der Waals surface area (Å²) in [5.41, 5.74) is 1.46. The molecule has 7 nitrogen and oxygen atoms in total. The minimum Gasteiger partial charge on any atom is -0.478 e. The van der Waals surface area contributed by atoms with Gasteiger partial charge in [0.05, 0.1) is 25.3 Å².